The number of hydrogen-bond donors (Lipinski definition) is 3. The first-order valence-electron chi connectivity index (χ1n) is 7.83. The first-order chi connectivity index (χ1) is 11.2. The molecule has 0 spiro atoms. The summed E-state index contributed by atoms with van der Waals surface area (Å²) in [6, 6.07) is 0. The topological polar surface area (TPSA) is 119 Å². The Labute approximate surface area is 140 Å². The molecule has 2 aromatic heterocycles. The van der Waals surface area contributed by atoms with Gasteiger partial charge in [-0.2, -0.15) is 0 Å². The van der Waals surface area contributed by atoms with Crippen LogP contribution in [0.15, 0.2) is 6.33 Å². The third-order valence-corrected chi connectivity index (χ3v) is 5.66. The zero-order chi connectivity index (χ0) is 17.6. The van der Waals surface area contributed by atoms with Crippen molar-refractivity contribution in [3.63, 3.8) is 0 Å². The number of aryl methyl sites for hydroxylation is 1. The number of aliphatic hydroxyl groups excluding tert-OH is 2. The molecule has 1 aliphatic rings. The number of rotatable bonds is 4. The van der Waals surface area contributed by atoms with Crippen molar-refractivity contribution in [1.82, 2.24) is 19.5 Å². The summed E-state index contributed by atoms with van der Waals surface area (Å²) in [6.45, 7) is 4.77. The van der Waals surface area contributed by atoms with E-state index in [0.717, 1.165) is 6.16 Å². The van der Waals surface area contributed by atoms with Gasteiger partial charge in [0.25, 0.3) is 0 Å². The fourth-order valence-corrected chi connectivity index (χ4v) is 3.87. The van der Waals surface area contributed by atoms with Crippen molar-refractivity contribution >= 4 is 30.2 Å². The first-order valence-corrected chi connectivity index (χ1v) is 10.9. The lowest BCUT2D eigenvalue weighted by Gasteiger charge is -2.18. The maximum atomic E-state index is 10.4. The van der Waals surface area contributed by atoms with Crippen molar-refractivity contribution in [2.24, 2.45) is 0 Å². The Bertz CT molecular complexity index is 802. The van der Waals surface area contributed by atoms with E-state index in [-0.39, 0.29) is 5.82 Å². The predicted molar refractivity (Wildman–Crippen MR) is 95.8 cm³/mol. The Morgan fingerprint density at radius 3 is 2.71 bits per heavy atom. The van der Waals surface area contributed by atoms with Crippen LogP contribution in [0.2, 0.25) is 0 Å². The van der Waals surface area contributed by atoms with E-state index in [9.17, 15) is 10.2 Å². The van der Waals surface area contributed by atoms with Gasteiger partial charge in [0.15, 0.2) is 17.7 Å². The van der Waals surface area contributed by atoms with Gasteiger partial charge < -0.3 is 20.7 Å². The summed E-state index contributed by atoms with van der Waals surface area (Å²) in [5, 5.41) is 20.8. The van der Waals surface area contributed by atoms with E-state index in [1.165, 1.54) is 6.33 Å². The third-order valence-electron chi connectivity index (χ3n) is 4.19. The van der Waals surface area contributed by atoms with Gasteiger partial charge in [-0.1, -0.05) is 0 Å². The van der Waals surface area contributed by atoms with E-state index < -0.39 is 31.4 Å². The number of nitrogens with two attached hydrogens (primary N) is 1. The minimum atomic E-state index is -1.23. The maximum absolute atomic E-state index is 10.4. The highest BCUT2D eigenvalue weighted by atomic mass is 31.2. The molecule has 0 aromatic carbocycles. The van der Waals surface area contributed by atoms with Crippen molar-refractivity contribution in [2.75, 3.05) is 25.2 Å². The minimum Gasteiger partial charge on any atom is -0.388 e. The molecule has 1 unspecified atom stereocenters. The Hall–Kier alpha value is -1.47. The highest BCUT2D eigenvalue weighted by Crippen LogP contribution is 2.40. The summed E-state index contributed by atoms with van der Waals surface area (Å²) in [5.41, 5.74) is 6.82. The number of nitrogen functional groups attached to an aromatic ring is 1. The van der Waals surface area contributed by atoms with Crippen LogP contribution in [-0.2, 0) is 4.74 Å². The largest absolute Gasteiger partial charge is 0.388 e. The standard InChI is InChI=1S/C15H24N5O3P/c1-8-18-13(16)10-14(19-8)20(7-17-10)15-12(22)11(21)9(23-15)5-6-24(2,3)4/h7,9,11-12,15,21-22H,2,5-6H2,1,3-4H3,(H2,16,18,19)/t9?,11-,12-,15-/m1/s1. The van der Waals surface area contributed by atoms with E-state index in [1.807, 2.05) is 0 Å². The number of nitrogens with zero attached hydrogens (tertiary/aromatic N) is 4. The molecule has 3 rings (SSSR count). The normalized spacial score (nSPS) is 27.9. The molecule has 4 atom stereocenters. The minimum absolute atomic E-state index is 0.282. The molecule has 3 heterocycles. The van der Waals surface area contributed by atoms with Crippen LogP contribution in [0.1, 0.15) is 18.5 Å². The summed E-state index contributed by atoms with van der Waals surface area (Å²) >= 11 is 0. The van der Waals surface area contributed by atoms with Gasteiger partial charge in [0.2, 0.25) is 0 Å². The van der Waals surface area contributed by atoms with Crippen LogP contribution in [-0.4, -0.2) is 73.8 Å². The average Bonchev–Trinajstić information content (AvgIpc) is 3.00. The van der Waals surface area contributed by atoms with Gasteiger partial charge in [0.1, 0.15) is 23.5 Å². The molecule has 8 nitrogen and oxygen atoms in total. The van der Waals surface area contributed by atoms with Crippen molar-refractivity contribution in [1.29, 1.82) is 0 Å². The molecule has 9 heteroatoms. The number of fused-ring (bicyclic) bond motifs is 1. The summed E-state index contributed by atoms with van der Waals surface area (Å²) in [6.07, 6.45) is 4.00. The molecular weight excluding hydrogens is 329 g/mol. The van der Waals surface area contributed by atoms with E-state index >= 15 is 0 Å². The highest BCUT2D eigenvalue weighted by Gasteiger charge is 2.44. The zero-order valence-electron chi connectivity index (χ0n) is 14.1. The van der Waals surface area contributed by atoms with Crippen LogP contribution >= 0.6 is 6.89 Å². The molecule has 1 aliphatic heterocycles. The van der Waals surface area contributed by atoms with Crippen molar-refractivity contribution in [2.45, 2.75) is 37.9 Å². The van der Waals surface area contributed by atoms with Crippen molar-refractivity contribution in [3.05, 3.63) is 12.2 Å². The van der Waals surface area contributed by atoms with Crippen LogP contribution in [0.25, 0.3) is 11.2 Å². The molecule has 0 bridgehead atoms. The molecule has 24 heavy (non-hydrogen) atoms. The number of anilines is 1. The third kappa shape index (κ3) is 3.19. The van der Waals surface area contributed by atoms with Crippen LogP contribution in [0.3, 0.4) is 0 Å². The summed E-state index contributed by atoms with van der Waals surface area (Å²) in [4.78, 5) is 12.6. The highest BCUT2D eigenvalue weighted by molar-refractivity contribution is 7.72. The Morgan fingerprint density at radius 1 is 1.33 bits per heavy atom. The number of hydrogen-bond acceptors (Lipinski definition) is 7. The average molecular weight is 353 g/mol. The summed E-state index contributed by atoms with van der Waals surface area (Å²) in [7, 11) is 0. The van der Waals surface area contributed by atoms with Gasteiger partial charge in [-0.3, -0.25) is 4.57 Å². The van der Waals surface area contributed by atoms with Crippen LogP contribution in [0.4, 0.5) is 5.82 Å². The van der Waals surface area contributed by atoms with E-state index in [1.54, 1.807) is 11.5 Å². The van der Waals surface area contributed by atoms with Gasteiger partial charge in [0.05, 0.1) is 12.4 Å². The Morgan fingerprint density at radius 2 is 2.04 bits per heavy atom. The summed E-state index contributed by atoms with van der Waals surface area (Å²) < 4.78 is 7.54. The number of aromatic nitrogens is 4. The molecule has 0 aliphatic carbocycles. The smallest absolute Gasteiger partial charge is 0.167 e. The van der Waals surface area contributed by atoms with Gasteiger partial charge in [-0.05, 0) is 32.8 Å². The number of ether oxygens (including phenoxy) is 1. The fourth-order valence-electron chi connectivity index (χ4n) is 2.91. The molecule has 2 aromatic rings. The lowest BCUT2D eigenvalue weighted by Crippen LogP contribution is -2.31. The molecule has 0 saturated carbocycles. The van der Waals surface area contributed by atoms with E-state index in [2.05, 4.69) is 34.6 Å². The van der Waals surface area contributed by atoms with E-state index in [0.29, 0.717) is 23.4 Å². The lowest BCUT2D eigenvalue weighted by atomic mass is 10.1. The zero-order valence-corrected chi connectivity index (χ0v) is 15.0. The molecule has 4 N–H and O–H groups in total. The van der Waals surface area contributed by atoms with Gasteiger partial charge >= 0.3 is 0 Å². The van der Waals surface area contributed by atoms with Crippen molar-refractivity contribution < 1.29 is 14.9 Å². The second kappa shape index (κ2) is 6.11. The van der Waals surface area contributed by atoms with Gasteiger partial charge in [-0.15, -0.1) is 13.2 Å². The second-order valence-corrected chi connectivity index (χ2v) is 11.3. The lowest BCUT2D eigenvalue weighted by molar-refractivity contribution is -0.0353. The van der Waals surface area contributed by atoms with Gasteiger partial charge in [-0.25, -0.2) is 15.0 Å². The first kappa shape index (κ1) is 17.4. The number of imidazole rings is 1. The molecule has 0 amide bonds. The molecule has 1 saturated heterocycles. The van der Waals surface area contributed by atoms with Crippen molar-refractivity contribution in [3.8, 4) is 0 Å². The second-order valence-electron chi connectivity index (χ2n) is 6.97. The van der Waals surface area contributed by atoms with Crippen LogP contribution in [0.5, 0.6) is 0 Å². The van der Waals surface area contributed by atoms with Crippen LogP contribution in [0, 0.1) is 6.92 Å². The van der Waals surface area contributed by atoms with Gasteiger partial charge in [0, 0.05) is 0 Å². The van der Waals surface area contributed by atoms with Crippen LogP contribution < -0.4 is 5.73 Å². The molecule has 0 radical (unpaired) electrons. The predicted octanol–water partition coefficient (Wildman–Crippen LogP) is 0.435. The van der Waals surface area contributed by atoms with E-state index in [4.69, 9.17) is 10.5 Å². The monoisotopic (exact) mass is 353 g/mol. The Balaban J connectivity index is 1.89. The maximum Gasteiger partial charge on any atom is 0.167 e. The quantitative estimate of drug-likeness (QED) is 0.682. The molecule has 1 fully saturated rings. The Kier molecular flexibility index (Phi) is 4.42. The molecular formula is C15H24N5O3P. The molecule has 132 valence electrons. The summed E-state index contributed by atoms with van der Waals surface area (Å²) in [5.74, 6) is 0.791. The fraction of sp³-hybridized carbons (Fsp3) is 0.600. The number of aliphatic hydroxyl groups is 2. The SMILES string of the molecule is C=P(C)(C)CCC1O[C@@H](n2cnc3c(N)nc(C)nc32)[C@H](O)[C@@H]1O.